The molecule has 0 atom stereocenters. The van der Waals surface area contributed by atoms with Gasteiger partial charge in [-0.25, -0.2) is 4.98 Å². The van der Waals surface area contributed by atoms with Crippen LogP contribution in [0.5, 0.6) is 5.75 Å². The fraction of sp³-hybridized carbons (Fsp3) is 0.0667. The molecule has 0 fully saturated rings. The minimum absolute atomic E-state index is 0.273. The van der Waals surface area contributed by atoms with E-state index >= 15 is 0 Å². The Morgan fingerprint density at radius 2 is 1.50 bits per heavy atom. The highest BCUT2D eigenvalue weighted by Gasteiger charge is 2.16. The van der Waals surface area contributed by atoms with E-state index < -0.39 is 0 Å². The molecule has 0 radical (unpaired) electrons. The van der Waals surface area contributed by atoms with Crippen LogP contribution < -0.4 is 0 Å². The first-order valence-electron chi connectivity index (χ1n) is 11.3. The highest BCUT2D eigenvalue weighted by Crippen LogP contribution is 2.36. The van der Waals surface area contributed by atoms with Crippen LogP contribution in [-0.2, 0) is 0 Å². The SMILES string of the molecule is Cc1cc(C)c(O)c(-c2cccc(-n3c4ccccc4c4ccc(-c5ccccn5)cc43)n2)c1. The van der Waals surface area contributed by atoms with E-state index in [-0.39, 0.29) is 5.75 Å². The number of phenols is 1. The fourth-order valence-corrected chi connectivity index (χ4v) is 4.76. The van der Waals surface area contributed by atoms with Gasteiger partial charge >= 0.3 is 0 Å². The van der Waals surface area contributed by atoms with Gasteiger partial charge in [0.15, 0.2) is 0 Å². The van der Waals surface area contributed by atoms with Crippen molar-refractivity contribution in [2.45, 2.75) is 13.8 Å². The second-order valence-electron chi connectivity index (χ2n) is 8.66. The number of phenolic OH excluding ortho intramolecular Hbond substituents is 1. The van der Waals surface area contributed by atoms with Gasteiger partial charge < -0.3 is 5.11 Å². The molecule has 1 N–H and O–H groups in total. The lowest BCUT2D eigenvalue weighted by Gasteiger charge is -2.12. The maximum atomic E-state index is 10.7. The summed E-state index contributed by atoms with van der Waals surface area (Å²) in [6.45, 7) is 3.95. The number of hydrogen-bond donors (Lipinski definition) is 1. The zero-order valence-corrected chi connectivity index (χ0v) is 19.0. The molecule has 6 rings (SSSR count). The maximum Gasteiger partial charge on any atom is 0.138 e. The van der Waals surface area contributed by atoms with E-state index in [0.717, 1.165) is 55.9 Å². The third kappa shape index (κ3) is 3.23. The lowest BCUT2D eigenvalue weighted by molar-refractivity contribution is 0.473. The number of hydrogen-bond acceptors (Lipinski definition) is 3. The summed E-state index contributed by atoms with van der Waals surface area (Å²) in [5.74, 6) is 1.08. The quantitative estimate of drug-likeness (QED) is 0.315. The predicted octanol–water partition coefficient (Wildman–Crippen LogP) is 7.23. The van der Waals surface area contributed by atoms with Crippen molar-refractivity contribution in [2.75, 3.05) is 0 Å². The van der Waals surface area contributed by atoms with Crippen molar-refractivity contribution >= 4 is 21.8 Å². The van der Waals surface area contributed by atoms with Crippen LogP contribution in [0.4, 0.5) is 0 Å². The molecule has 0 saturated carbocycles. The lowest BCUT2D eigenvalue weighted by Crippen LogP contribution is -1.99. The van der Waals surface area contributed by atoms with E-state index in [9.17, 15) is 5.11 Å². The Labute approximate surface area is 197 Å². The van der Waals surface area contributed by atoms with Crippen molar-refractivity contribution in [3.8, 4) is 34.1 Å². The molecule has 34 heavy (non-hydrogen) atoms. The summed E-state index contributed by atoms with van der Waals surface area (Å²) in [4.78, 5) is 9.56. The van der Waals surface area contributed by atoms with Gasteiger partial charge in [-0.15, -0.1) is 0 Å². The van der Waals surface area contributed by atoms with Crippen LogP contribution in [0, 0.1) is 13.8 Å². The van der Waals surface area contributed by atoms with Crippen LogP contribution in [0.3, 0.4) is 0 Å². The van der Waals surface area contributed by atoms with E-state index in [4.69, 9.17) is 4.98 Å². The lowest BCUT2D eigenvalue weighted by atomic mass is 10.0. The molecule has 164 valence electrons. The first-order chi connectivity index (χ1) is 16.6. The third-order valence-corrected chi connectivity index (χ3v) is 6.32. The largest absolute Gasteiger partial charge is 0.507 e. The average Bonchev–Trinajstić information content (AvgIpc) is 3.20. The molecule has 0 spiro atoms. The molecule has 0 aliphatic heterocycles. The minimum Gasteiger partial charge on any atom is -0.507 e. The number of pyridine rings is 2. The summed E-state index contributed by atoms with van der Waals surface area (Å²) in [5.41, 5.74) is 7.57. The summed E-state index contributed by atoms with van der Waals surface area (Å²) >= 11 is 0. The second-order valence-corrected chi connectivity index (χ2v) is 8.66. The molecule has 0 saturated heterocycles. The van der Waals surface area contributed by atoms with Gasteiger partial charge in [0.05, 0.1) is 22.4 Å². The van der Waals surface area contributed by atoms with Gasteiger partial charge in [0.25, 0.3) is 0 Å². The molecule has 0 aliphatic carbocycles. The normalized spacial score (nSPS) is 11.4. The zero-order valence-electron chi connectivity index (χ0n) is 19.0. The van der Waals surface area contributed by atoms with Gasteiger partial charge in [0.2, 0.25) is 0 Å². The Balaban J connectivity index is 1.62. The van der Waals surface area contributed by atoms with E-state index in [1.807, 2.05) is 68.6 Å². The van der Waals surface area contributed by atoms with Crippen molar-refractivity contribution < 1.29 is 5.11 Å². The van der Waals surface area contributed by atoms with Crippen LogP contribution in [0.15, 0.2) is 97.2 Å². The molecule has 3 heterocycles. The molecule has 4 heteroatoms. The van der Waals surface area contributed by atoms with Crippen LogP contribution in [0.1, 0.15) is 11.1 Å². The minimum atomic E-state index is 0.273. The molecular weight excluding hydrogens is 418 g/mol. The fourth-order valence-electron chi connectivity index (χ4n) is 4.76. The molecule has 0 amide bonds. The Bertz CT molecular complexity index is 1680. The van der Waals surface area contributed by atoms with Gasteiger partial charge in [-0.2, -0.15) is 0 Å². The molecule has 4 nitrogen and oxygen atoms in total. The number of para-hydroxylation sites is 1. The Hall–Kier alpha value is -4.44. The average molecular weight is 442 g/mol. The second kappa shape index (κ2) is 7.85. The third-order valence-electron chi connectivity index (χ3n) is 6.32. The molecule has 3 aromatic heterocycles. The first kappa shape index (κ1) is 20.2. The van der Waals surface area contributed by atoms with Crippen LogP contribution in [0.25, 0.3) is 50.1 Å². The van der Waals surface area contributed by atoms with Crippen molar-refractivity contribution in [3.05, 3.63) is 108 Å². The Morgan fingerprint density at radius 3 is 2.35 bits per heavy atom. The summed E-state index contributed by atoms with van der Waals surface area (Å²) in [6, 6.07) is 30.7. The number of aromatic nitrogens is 3. The van der Waals surface area contributed by atoms with E-state index in [0.29, 0.717) is 0 Å². The molecule has 6 aromatic rings. The standard InChI is InChI=1S/C30H23N3O/c1-19-16-20(2)30(34)24(17-19)26-10-7-12-29(32-26)33-27-11-4-3-8-22(27)23-14-13-21(18-28(23)33)25-9-5-6-15-31-25/h3-18,34H,1-2H3. The topological polar surface area (TPSA) is 50.9 Å². The summed E-state index contributed by atoms with van der Waals surface area (Å²) < 4.78 is 2.19. The number of fused-ring (bicyclic) bond motifs is 3. The molecular formula is C30H23N3O. The van der Waals surface area contributed by atoms with Crippen molar-refractivity contribution in [1.82, 2.24) is 14.5 Å². The molecule has 0 aliphatic rings. The smallest absolute Gasteiger partial charge is 0.138 e. The van der Waals surface area contributed by atoms with Gasteiger partial charge in [-0.1, -0.05) is 48.5 Å². The van der Waals surface area contributed by atoms with Gasteiger partial charge in [0.1, 0.15) is 11.6 Å². The maximum absolute atomic E-state index is 10.7. The predicted molar refractivity (Wildman–Crippen MR) is 138 cm³/mol. The van der Waals surface area contributed by atoms with Crippen molar-refractivity contribution in [3.63, 3.8) is 0 Å². The van der Waals surface area contributed by atoms with Crippen LogP contribution in [-0.4, -0.2) is 19.6 Å². The highest BCUT2D eigenvalue weighted by atomic mass is 16.3. The van der Waals surface area contributed by atoms with Crippen LogP contribution in [0.2, 0.25) is 0 Å². The number of aryl methyl sites for hydroxylation is 2. The van der Waals surface area contributed by atoms with Crippen molar-refractivity contribution in [2.24, 2.45) is 0 Å². The van der Waals surface area contributed by atoms with Crippen LogP contribution >= 0.6 is 0 Å². The van der Waals surface area contributed by atoms with Gasteiger partial charge in [-0.05, 0) is 67.4 Å². The molecule has 0 bridgehead atoms. The van der Waals surface area contributed by atoms with E-state index in [1.165, 1.54) is 5.39 Å². The monoisotopic (exact) mass is 441 g/mol. The highest BCUT2D eigenvalue weighted by molar-refractivity contribution is 6.10. The van der Waals surface area contributed by atoms with E-state index in [2.05, 4.69) is 52.0 Å². The van der Waals surface area contributed by atoms with Gasteiger partial charge in [0, 0.05) is 28.1 Å². The summed E-state index contributed by atoms with van der Waals surface area (Å²) in [5, 5.41) is 13.1. The number of nitrogens with zero attached hydrogens (tertiary/aromatic N) is 3. The summed E-state index contributed by atoms with van der Waals surface area (Å²) in [6.07, 6.45) is 1.82. The molecule has 3 aromatic carbocycles. The summed E-state index contributed by atoms with van der Waals surface area (Å²) in [7, 11) is 0. The first-order valence-corrected chi connectivity index (χ1v) is 11.3. The van der Waals surface area contributed by atoms with Gasteiger partial charge in [-0.3, -0.25) is 9.55 Å². The number of benzene rings is 3. The van der Waals surface area contributed by atoms with E-state index in [1.54, 1.807) is 0 Å². The Morgan fingerprint density at radius 1 is 0.706 bits per heavy atom. The Kier molecular flexibility index (Phi) is 4.66. The molecule has 0 unspecified atom stereocenters. The zero-order chi connectivity index (χ0) is 23.2. The number of aromatic hydroxyl groups is 1. The number of rotatable bonds is 3. The van der Waals surface area contributed by atoms with Crippen molar-refractivity contribution in [1.29, 1.82) is 0 Å².